The van der Waals surface area contributed by atoms with E-state index in [0.717, 1.165) is 17.8 Å². The lowest BCUT2D eigenvalue weighted by molar-refractivity contribution is 0.0738. The summed E-state index contributed by atoms with van der Waals surface area (Å²) < 4.78 is 0. The third-order valence-electron chi connectivity index (χ3n) is 3.52. The predicted octanol–water partition coefficient (Wildman–Crippen LogP) is 4.32. The fraction of sp³-hybridized carbons (Fsp3) is 0.267. The number of amides is 1. The van der Waals surface area contributed by atoms with Gasteiger partial charge in [0.05, 0.1) is 9.90 Å². The molecule has 1 aromatic carbocycles. The molecule has 2 nitrogen and oxygen atoms in total. The van der Waals surface area contributed by atoms with Crippen molar-refractivity contribution in [1.82, 2.24) is 4.90 Å². The lowest BCUT2D eigenvalue weighted by atomic mass is 9.99. The van der Waals surface area contributed by atoms with E-state index in [0.29, 0.717) is 11.6 Å². The molecule has 1 amide bonds. The number of thiophene rings is 1. The molecule has 2 heterocycles. The first-order valence-corrected chi connectivity index (χ1v) is 8.85. The summed E-state index contributed by atoms with van der Waals surface area (Å²) in [4.78, 5) is 16.4. The first kappa shape index (κ1) is 14.0. The first-order valence-electron chi connectivity index (χ1n) is 6.37. The van der Waals surface area contributed by atoms with Crippen LogP contribution in [0.5, 0.6) is 0 Å². The van der Waals surface area contributed by atoms with Crippen LogP contribution in [0.3, 0.4) is 0 Å². The molecule has 0 aliphatic carbocycles. The van der Waals surface area contributed by atoms with Crippen molar-refractivity contribution in [1.29, 1.82) is 0 Å². The van der Waals surface area contributed by atoms with Crippen LogP contribution in [0.1, 0.15) is 20.8 Å². The maximum Gasteiger partial charge on any atom is 0.264 e. The number of carbonyl (C=O) groups is 1. The summed E-state index contributed by atoms with van der Waals surface area (Å²) in [5.41, 5.74) is 2.66. The SMILES string of the molecule is CSc1cccc2c1CN(C(=O)c1cc(Cl)cs1)CC2. The Morgan fingerprint density at radius 3 is 3.00 bits per heavy atom. The maximum atomic E-state index is 12.5. The highest BCUT2D eigenvalue weighted by atomic mass is 35.5. The topological polar surface area (TPSA) is 20.3 Å². The molecule has 20 heavy (non-hydrogen) atoms. The van der Waals surface area contributed by atoms with Gasteiger partial charge in [0.25, 0.3) is 5.91 Å². The molecular weight excluding hydrogens is 310 g/mol. The van der Waals surface area contributed by atoms with Crippen LogP contribution < -0.4 is 0 Å². The Hall–Kier alpha value is -0.970. The highest BCUT2D eigenvalue weighted by molar-refractivity contribution is 7.98. The Labute approximate surface area is 131 Å². The molecule has 3 rings (SSSR count). The molecule has 0 bridgehead atoms. The molecule has 1 aromatic heterocycles. The highest BCUT2D eigenvalue weighted by Crippen LogP contribution is 2.30. The predicted molar refractivity (Wildman–Crippen MR) is 86.0 cm³/mol. The van der Waals surface area contributed by atoms with Crippen LogP contribution in [0, 0.1) is 0 Å². The quantitative estimate of drug-likeness (QED) is 0.767. The Kier molecular flexibility index (Phi) is 4.06. The lowest BCUT2D eigenvalue weighted by Crippen LogP contribution is -2.35. The molecule has 0 saturated carbocycles. The van der Waals surface area contributed by atoms with E-state index in [4.69, 9.17) is 11.6 Å². The molecule has 0 unspecified atom stereocenters. The smallest absolute Gasteiger partial charge is 0.264 e. The van der Waals surface area contributed by atoms with Crippen molar-refractivity contribution in [3.05, 3.63) is 50.7 Å². The molecule has 0 spiro atoms. The zero-order chi connectivity index (χ0) is 14.1. The Morgan fingerprint density at radius 1 is 1.45 bits per heavy atom. The van der Waals surface area contributed by atoms with E-state index >= 15 is 0 Å². The lowest BCUT2D eigenvalue weighted by Gasteiger charge is -2.29. The number of benzene rings is 1. The second-order valence-corrected chi connectivity index (χ2v) is 6.90. The zero-order valence-corrected chi connectivity index (χ0v) is 13.4. The van der Waals surface area contributed by atoms with E-state index in [1.807, 2.05) is 4.90 Å². The van der Waals surface area contributed by atoms with Crippen molar-refractivity contribution < 1.29 is 4.79 Å². The van der Waals surface area contributed by atoms with E-state index in [1.165, 1.54) is 27.4 Å². The van der Waals surface area contributed by atoms with E-state index in [2.05, 4.69) is 24.5 Å². The maximum absolute atomic E-state index is 12.5. The first-order chi connectivity index (χ1) is 9.69. The molecule has 104 valence electrons. The second kappa shape index (κ2) is 5.80. The van der Waals surface area contributed by atoms with Gasteiger partial charge in [-0.3, -0.25) is 4.79 Å². The standard InChI is InChI=1S/C15H14ClNOS2/c1-19-13-4-2-3-10-5-6-17(8-12(10)13)15(18)14-7-11(16)9-20-14/h2-4,7,9H,5-6,8H2,1H3. The van der Waals surface area contributed by atoms with Gasteiger partial charge >= 0.3 is 0 Å². The van der Waals surface area contributed by atoms with Gasteiger partial charge in [-0.2, -0.15) is 0 Å². The summed E-state index contributed by atoms with van der Waals surface area (Å²) >= 11 is 9.06. The third-order valence-corrected chi connectivity index (χ3v) is 5.60. The van der Waals surface area contributed by atoms with Gasteiger partial charge in [0.1, 0.15) is 0 Å². The second-order valence-electron chi connectivity index (χ2n) is 4.70. The highest BCUT2D eigenvalue weighted by Gasteiger charge is 2.24. The average molecular weight is 324 g/mol. The van der Waals surface area contributed by atoms with Crippen molar-refractivity contribution in [2.45, 2.75) is 17.9 Å². The summed E-state index contributed by atoms with van der Waals surface area (Å²) in [5, 5.41) is 2.44. The third kappa shape index (κ3) is 2.60. The number of hydrogen-bond acceptors (Lipinski definition) is 3. The van der Waals surface area contributed by atoms with Crippen LogP contribution in [-0.4, -0.2) is 23.6 Å². The summed E-state index contributed by atoms with van der Waals surface area (Å²) in [6, 6.07) is 8.14. The fourth-order valence-corrected chi connectivity index (χ4v) is 4.19. The van der Waals surface area contributed by atoms with Gasteiger partial charge < -0.3 is 4.90 Å². The van der Waals surface area contributed by atoms with Gasteiger partial charge in [-0.05, 0) is 35.9 Å². The number of halogens is 1. The molecule has 0 N–H and O–H groups in total. The van der Waals surface area contributed by atoms with Crippen LogP contribution in [0.2, 0.25) is 5.02 Å². The normalized spacial score (nSPS) is 14.2. The number of nitrogens with zero attached hydrogens (tertiary/aromatic N) is 1. The number of fused-ring (bicyclic) bond motifs is 1. The molecule has 0 fully saturated rings. The Bertz CT molecular complexity index is 639. The number of rotatable bonds is 2. The molecule has 2 aromatic rings. The molecule has 0 radical (unpaired) electrons. The zero-order valence-electron chi connectivity index (χ0n) is 11.1. The average Bonchev–Trinajstić information content (AvgIpc) is 2.91. The molecule has 0 atom stereocenters. The van der Waals surface area contributed by atoms with Gasteiger partial charge in [-0.25, -0.2) is 0 Å². The summed E-state index contributed by atoms with van der Waals surface area (Å²) in [7, 11) is 0. The Morgan fingerprint density at radius 2 is 2.30 bits per heavy atom. The Balaban J connectivity index is 1.86. The van der Waals surface area contributed by atoms with Crippen molar-refractivity contribution >= 4 is 40.6 Å². The van der Waals surface area contributed by atoms with E-state index in [1.54, 1.807) is 23.2 Å². The monoisotopic (exact) mass is 323 g/mol. The van der Waals surface area contributed by atoms with Crippen molar-refractivity contribution in [3.8, 4) is 0 Å². The van der Waals surface area contributed by atoms with Crippen LogP contribution in [0.25, 0.3) is 0 Å². The van der Waals surface area contributed by atoms with Crippen molar-refractivity contribution in [2.75, 3.05) is 12.8 Å². The minimum Gasteiger partial charge on any atom is -0.333 e. The summed E-state index contributed by atoms with van der Waals surface area (Å²) in [6.07, 6.45) is 3.00. The van der Waals surface area contributed by atoms with Crippen LogP contribution >= 0.6 is 34.7 Å². The molecule has 5 heteroatoms. The minimum absolute atomic E-state index is 0.0865. The van der Waals surface area contributed by atoms with Crippen molar-refractivity contribution in [3.63, 3.8) is 0 Å². The molecular formula is C15H14ClNOS2. The summed E-state index contributed by atoms with van der Waals surface area (Å²) in [6.45, 7) is 1.47. The van der Waals surface area contributed by atoms with Crippen LogP contribution in [0.15, 0.2) is 34.5 Å². The number of hydrogen-bond donors (Lipinski definition) is 0. The number of thioether (sulfide) groups is 1. The fourth-order valence-electron chi connectivity index (χ4n) is 2.50. The van der Waals surface area contributed by atoms with Gasteiger partial charge in [-0.15, -0.1) is 23.1 Å². The van der Waals surface area contributed by atoms with E-state index < -0.39 is 0 Å². The minimum atomic E-state index is 0.0865. The van der Waals surface area contributed by atoms with Crippen molar-refractivity contribution in [2.24, 2.45) is 0 Å². The van der Waals surface area contributed by atoms with Gasteiger partial charge in [0.2, 0.25) is 0 Å². The molecule has 1 aliphatic rings. The molecule has 0 saturated heterocycles. The van der Waals surface area contributed by atoms with Gasteiger partial charge in [-0.1, -0.05) is 23.7 Å². The van der Waals surface area contributed by atoms with Gasteiger partial charge in [0.15, 0.2) is 0 Å². The molecule has 1 aliphatic heterocycles. The van der Waals surface area contributed by atoms with Gasteiger partial charge in [0, 0.05) is 23.4 Å². The van der Waals surface area contributed by atoms with E-state index in [9.17, 15) is 4.79 Å². The van der Waals surface area contributed by atoms with Crippen LogP contribution in [0.4, 0.5) is 0 Å². The van der Waals surface area contributed by atoms with E-state index in [-0.39, 0.29) is 5.91 Å². The number of carbonyl (C=O) groups excluding carboxylic acids is 1. The summed E-state index contributed by atoms with van der Waals surface area (Å²) in [5.74, 6) is 0.0865. The van der Waals surface area contributed by atoms with Crippen LogP contribution in [-0.2, 0) is 13.0 Å². The largest absolute Gasteiger partial charge is 0.333 e.